The third-order valence-corrected chi connectivity index (χ3v) is 15.1. The molecule has 0 unspecified atom stereocenters. The van der Waals surface area contributed by atoms with Gasteiger partial charge in [-0.25, -0.2) is 0 Å². The molecule has 6 aromatic carbocycles. The van der Waals surface area contributed by atoms with E-state index in [1.165, 1.54) is 31.2 Å². The van der Waals surface area contributed by atoms with Gasteiger partial charge in [0, 0.05) is 0 Å². The molecule has 0 bridgehead atoms. The van der Waals surface area contributed by atoms with Crippen molar-refractivity contribution in [3.8, 4) is 11.1 Å². The molecule has 0 fully saturated rings. The molecule has 0 saturated heterocycles. The molecule has 0 aliphatic rings. The van der Waals surface area contributed by atoms with Crippen molar-refractivity contribution in [1.82, 2.24) is 0 Å². The van der Waals surface area contributed by atoms with Crippen LogP contribution in [0.5, 0.6) is 0 Å². The van der Waals surface area contributed by atoms with Gasteiger partial charge < -0.3 is 0 Å². The topological polar surface area (TPSA) is 0 Å². The SMILES string of the molecule is [c]1ccccc1.c1ccc(C[Se](Cc2ccccc2)(c2ccccc2)c2ccc(-c3ccccc3)cc2)cc1. The molecule has 1 radical (unpaired) electrons. The molecule has 6 rings (SSSR count). The Kier molecular flexibility index (Phi) is 9.21. The summed E-state index contributed by atoms with van der Waals surface area (Å²) in [6.07, 6.45) is 0. The Morgan fingerprint density at radius 2 is 0.744 bits per heavy atom. The van der Waals surface area contributed by atoms with Crippen LogP contribution in [0.1, 0.15) is 11.1 Å². The van der Waals surface area contributed by atoms with Gasteiger partial charge in [-0.3, -0.25) is 0 Å². The average molecular weight is 569 g/mol. The molecule has 0 saturated carbocycles. The molecule has 39 heavy (non-hydrogen) atoms. The molecule has 0 N–H and O–H groups in total. The second kappa shape index (κ2) is 13.6. The zero-order valence-corrected chi connectivity index (χ0v) is 23.8. The van der Waals surface area contributed by atoms with E-state index < -0.39 is 12.8 Å². The van der Waals surface area contributed by atoms with Gasteiger partial charge in [-0.1, -0.05) is 30.3 Å². The molecular formula is C38H33Se. The fraction of sp³-hybridized carbons (Fsp3) is 0.0526. The van der Waals surface area contributed by atoms with Crippen molar-refractivity contribution >= 4 is 21.8 Å². The third-order valence-electron chi connectivity index (χ3n) is 6.73. The first-order chi connectivity index (χ1) is 19.3. The van der Waals surface area contributed by atoms with Gasteiger partial charge in [0.05, 0.1) is 0 Å². The first kappa shape index (κ1) is 26.4. The Labute approximate surface area is 235 Å². The number of rotatable bonds is 7. The van der Waals surface area contributed by atoms with E-state index in [-0.39, 0.29) is 0 Å². The molecule has 6 aromatic rings. The maximum absolute atomic E-state index is 2.89. The predicted molar refractivity (Wildman–Crippen MR) is 169 cm³/mol. The van der Waals surface area contributed by atoms with Gasteiger partial charge in [0.25, 0.3) is 0 Å². The Bertz CT molecular complexity index is 1430. The van der Waals surface area contributed by atoms with Crippen molar-refractivity contribution < 1.29 is 0 Å². The van der Waals surface area contributed by atoms with Crippen molar-refractivity contribution in [1.29, 1.82) is 0 Å². The van der Waals surface area contributed by atoms with E-state index in [2.05, 4.69) is 152 Å². The summed E-state index contributed by atoms with van der Waals surface area (Å²) in [5.41, 5.74) is 5.39. The maximum atomic E-state index is 2.89. The van der Waals surface area contributed by atoms with Gasteiger partial charge >= 0.3 is 200 Å². The fourth-order valence-corrected chi connectivity index (χ4v) is 13.0. The Morgan fingerprint density at radius 3 is 1.18 bits per heavy atom. The van der Waals surface area contributed by atoms with Crippen LogP contribution in [0.15, 0.2) is 176 Å². The number of hydrogen-bond donors (Lipinski definition) is 0. The van der Waals surface area contributed by atoms with Crippen LogP contribution in [0.3, 0.4) is 0 Å². The quantitative estimate of drug-likeness (QED) is 0.171. The van der Waals surface area contributed by atoms with Crippen LogP contribution in [-0.2, 0) is 10.6 Å². The molecule has 0 heterocycles. The van der Waals surface area contributed by atoms with Crippen molar-refractivity contribution in [3.05, 3.63) is 193 Å². The molecule has 0 spiro atoms. The standard InChI is InChI=1S/C32H28Se.C6H5/c1-5-13-27(14-6-1)25-33(31-19-11-4-12-20-31,26-28-15-7-2-8-16-28)32-23-21-30(22-24-32)29-17-9-3-10-18-29;1-2-4-6-5-3-1/h1-24H,25-26H2;1-5H. The van der Waals surface area contributed by atoms with Gasteiger partial charge in [0.1, 0.15) is 0 Å². The molecular weight excluding hydrogens is 535 g/mol. The van der Waals surface area contributed by atoms with Crippen molar-refractivity contribution in [2.45, 2.75) is 10.6 Å². The van der Waals surface area contributed by atoms with E-state index in [0.717, 1.165) is 10.6 Å². The van der Waals surface area contributed by atoms with Crippen LogP contribution in [-0.4, -0.2) is 12.8 Å². The molecule has 1 heteroatoms. The van der Waals surface area contributed by atoms with E-state index >= 15 is 0 Å². The average Bonchev–Trinajstić information content (AvgIpc) is 3.04. The van der Waals surface area contributed by atoms with E-state index in [9.17, 15) is 0 Å². The molecule has 0 nitrogen and oxygen atoms in total. The second-order valence-corrected chi connectivity index (χ2v) is 16.3. The van der Waals surface area contributed by atoms with Gasteiger partial charge in [-0.2, -0.15) is 0 Å². The fourth-order valence-electron chi connectivity index (χ4n) is 4.80. The van der Waals surface area contributed by atoms with E-state index in [0.29, 0.717) is 0 Å². The Hall–Kier alpha value is -4.16. The number of hydrogen-bond acceptors (Lipinski definition) is 0. The second-order valence-electron chi connectivity index (χ2n) is 9.42. The summed E-state index contributed by atoms with van der Waals surface area (Å²) in [6, 6.07) is 65.9. The summed E-state index contributed by atoms with van der Waals surface area (Å²) in [6.45, 7) is 0. The molecule has 0 atom stereocenters. The van der Waals surface area contributed by atoms with E-state index in [1.54, 1.807) is 0 Å². The van der Waals surface area contributed by atoms with Crippen molar-refractivity contribution in [2.24, 2.45) is 0 Å². The van der Waals surface area contributed by atoms with Crippen LogP contribution < -0.4 is 8.92 Å². The minimum atomic E-state index is -2.40. The molecule has 0 aliphatic heterocycles. The van der Waals surface area contributed by atoms with Crippen LogP contribution >= 0.6 is 0 Å². The van der Waals surface area contributed by atoms with Crippen LogP contribution in [0.4, 0.5) is 0 Å². The predicted octanol–water partition coefficient (Wildman–Crippen LogP) is 7.97. The molecule has 191 valence electrons. The first-order valence-electron chi connectivity index (χ1n) is 13.3. The van der Waals surface area contributed by atoms with Gasteiger partial charge in [0.2, 0.25) is 0 Å². The summed E-state index contributed by atoms with van der Waals surface area (Å²) in [5.74, 6) is 0. The Morgan fingerprint density at radius 1 is 0.359 bits per heavy atom. The third kappa shape index (κ3) is 7.03. The van der Waals surface area contributed by atoms with Crippen molar-refractivity contribution in [3.63, 3.8) is 0 Å². The van der Waals surface area contributed by atoms with E-state index in [4.69, 9.17) is 0 Å². The van der Waals surface area contributed by atoms with Gasteiger partial charge in [-0.05, 0) is 6.07 Å². The monoisotopic (exact) mass is 569 g/mol. The zero-order chi connectivity index (χ0) is 26.6. The first-order valence-corrected chi connectivity index (χ1v) is 17.5. The van der Waals surface area contributed by atoms with Crippen LogP contribution in [0, 0.1) is 6.07 Å². The summed E-state index contributed by atoms with van der Waals surface area (Å²) >= 11 is -2.40. The minimum absolute atomic E-state index is 1.10. The summed E-state index contributed by atoms with van der Waals surface area (Å²) in [4.78, 5) is 0. The zero-order valence-electron chi connectivity index (χ0n) is 22.1. The summed E-state index contributed by atoms with van der Waals surface area (Å²) in [7, 11) is 0. The van der Waals surface area contributed by atoms with Gasteiger partial charge in [0.15, 0.2) is 0 Å². The molecule has 0 aliphatic carbocycles. The normalized spacial score (nSPS) is 11.2. The summed E-state index contributed by atoms with van der Waals surface area (Å²) < 4.78 is 3.01. The van der Waals surface area contributed by atoms with Crippen molar-refractivity contribution in [2.75, 3.05) is 0 Å². The van der Waals surface area contributed by atoms with Crippen LogP contribution in [0.25, 0.3) is 11.1 Å². The van der Waals surface area contributed by atoms with Crippen LogP contribution in [0.2, 0.25) is 0 Å². The summed E-state index contributed by atoms with van der Waals surface area (Å²) in [5, 5.41) is 2.20. The number of benzene rings is 6. The Balaban J connectivity index is 0.000000455. The molecule has 0 amide bonds. The molecule has 0 aromatic heterocycles. The van der Waals surface area contributed by atoms with E-state index in [1.807, 2.05) is 30.3 Å². The van der Waals surface area contributed by atoms with Gasteiger partial charge in [-0.15, -0.1) is 0 Å².